The lowest BCUT2D eigenvalue weighted by molar-refractivity contribution is -0.129. The Morgan fingerprint density at radius 2 is 1.97 bits per heavy atom. The molecule has 0 N–H and O–H groups in total. The largest absolute Gasteiger partial charge is 0.462 e. The van der Waals surface area contributed by atoms with Crippen LogP contribution in [0.5, 0.6) is 0 Å². The number of hydrogen-bond acceptors (Lipinski definition) is 5. The molecule has 5 nitrogen and oxygen atoms in total. The molecule has 0 saturated carbocycles. The number of carbonyl (C=O) groups is 1. The third kappa shape index (κ3) is 3.95. The van der Waals surface area contributed by atoms with Crippen LogP contribution in [0.15, 0.2) is 28.9 Å². The molecule has 1 fully saturated rings. The maximum Gasteiger partial charge on any atom is 0.219 e. The third-order valence-corrected chi connectivity index (χ3v) is 8.52. The first-order valence-corrected chi connectivity index (χ1v) is 12.7. The molecule has 2 aromatic heterocycles. The van der Waals surface area contributed by atoms with Gasteiger partial charge in [-0.1, -0.05) is 19.1 Å². The molecule has 5 rings (SSSR count). The van der Waals surface area contributed by atoms with E-state index in [-0.39, 0.29) is 5.91 Å². The number of furan rings is 1. The van der Waals surface area contributed by atoms with Crippen molar-refractivity contribution in [2.45, 2.75) is 46.6 Å². The number of aryl methyl sites for hydroxylation is 1. The van der Waals surface area contributed by atoms with Crippen LogP contribution in [-0.4, -0.2) is 55.0 Å². The molecule has 170 valence electrons. The van der Waals surface area contributed by atoms with Gasteiger partial charge in [0.1, 0.15) is 11.8 Å². The Morgan fingerprint density at radius 1 is 1.16 bits per heavy atom. The zero-order chi connectivity index (χ0) is 22.2. The summed E-state index contributed by atoms with van der Waals surface area (Å²) in [6, 6.07) is 6.29. The highest BCUT2D eigenvalue weighted by Crippen LogP contribution is 2.35. The van der Waals surface area contributed by atoms with Gasteiger partial charge in [0.25, 0.3) is 0 Å². The van der Waals surface area contributed by atoms with Gasteiger partial charge in [-0.2, -0.15) is 0 Å². The fraction of sp³-hybridized carbons (Fsp3) is 0.500. The van der Waals surface area contributed by atoms with Gasteiger partial charge in [-0.3, -0.25) is 9.69 Å². The Morgan fingerprint density at radius 3 is 2.72 bits per heavy atom. The molecule has 0 atom stereocenters. The number of fused-ring (bicyclic) bond motifs is 2. The number of rotatable bonds is 5. The highest BCUT2D eigenvalue weighted by Gasteiger charge is 2.26. The molecule has 0 spiro atoms. The minimum absolute atomic E-state index is 0.196. The van der Waals surface area contributed by atoms with Crippen LogP contribution in [0, 0.1) is 6.92 Å². The molecule has 0 radical (unpaired) electrons. The van der Waals surface area contributed by atoms with Crippen molar-refractivity contribution >= 4 is 33.9 Å². The maximum absolute atomic E-state index is 11.8. The van der Waals surface area contributed by atoms with Crippen molar-refractivity contribution < 1.29 is 9.21 Å². The van der Waals surface area contributed by atoms with Gasteiger partial charge in [-0.15, -0.1) is 11.3 Å². The van der Waals surface area contributed by atoms with Crippen molar-refractivity contribution in [2.75, 3.05) is 44.2 Å². The van der Waals surface area contributed by atoms with Crippen LogP contribution in [0.1, 0.15) is 40.3 Å². The highest BCUT2D eigenvalue weighted by molar-refractivity contribution is 7.12. The lowest BCUT2D eigenvalue weighted by Gasteiger charge is -2.35. The number of amides is 1. The summed E-state index contributed by atoms with van der Waals surface area (Å²) in [6.45, 7) is 13.2. The van der Waals surface area contributed by atoms with E-state index >= 15 is 0 Å². The normalized spacial score (nSPS) is 17.2. The van der Waals surface area contributed by atoms with Crippen LogP contribution in [-0.2, 0) is 30.6 Å². The molecule has 0 unspecified atom stereocenters. The van der Waals surface area contributed by atoms with Crippen LogP contribution < -0.4 is 4.90 Å². The quantitative estimate of drug-likeness (QED) is 0.567. The van der Waals surface area contributed by atoms with Crippen molar-refractivity contribution in [3.05, 3.63) is 50.9 Å². The topological polar surface area (TPSA) is 39.9 Å². The smallest absolute Gasteiger partial charge is 0.219 e. The summed E-state index contributed by atoms with van der Waals surface area (Å²) < 4.78 is 5.82. The molecule has 0 bridgehead atoms. The van der Waals surface area contributed by atoms with Gasteiger partial charge in [-0.25, -0.2) is 0 Å². The van der Waals surface area contributed by atoms with E-state index in [1.165, 1.54) is 27.1 Å². The van der Waals surface area contributed by atoms with E-state index in [1.807, 2.05) is 22.5 Å². The van der Waals surface area contributed by atoms with E-state index in [1.54, 1.807) is 17.4 Å². The second-order valence-corrected chi connectivity index (χ2v) is 10.3. The lowest BCUT2D eigenvalue weighted by Crippen LogP contribution is -2.46. The van der Waals surface area contributed by atoms with Gasteiger partial charge in [0.2, 0.25) is 5.91 Å². The third-order valence-electron chi connectivity index (χ3n) is 7.21. The first-order valence-electron chi connectivity index (χ1n) is 11.9. The summed E-state index contributed by atoms with van der Waals surface area (Å²) in [7, 11) is 0. The molecule has 0 aliphatic carbocycles. The van der Waals surface area contributed by atoms with E-state index in [2.05, 4.69) is 41.8 Å². The summed E-state index contributed by atoms with van der Waals surface area (Å²) in [4.78, 5) is 21.9. The SMILES string of the molecule is CCc1c(CCN2CCN(c3coc4cccc(C)c34)CC2)sc2c1CCN(C(C)=O)C2. The Hall–Kier alpha value is -2.31. The summed E-state index contributed by atoms with van der Waals surface area (Å²) in [6.07, 6.45) is 5.17. The summed E-state index contributed by atoms with van der Waals surface area (Å²) in [5.74, 6) is 0.196. The average Bonchev–Trinajstić information content (AvgIpc) is 3.39. The summed E-state index contributed by atoms with van der Waals surface area (Å²) in [5.41, 5.74) is 6.61. The van der Waals surface area contributed by atoms with Gasteiger partial charge >= 0.3 is 0 Å². The van der Waals surface area contributed by atoms with Gasteiger partial charge in [0.05, 0.1) is 12.2 Å². The Kier molecular flexibility index (Phi) is 5.99. The van der Waals surface area contributed by atoms with Crippen molar-refractivity contribution in [2.24, 2.45) is 0 Å². The van der Waals surface area contributed by atoms with Gasteiger partial charge in [0, 0.05) is 61.3 Å². The highest BCUT2D eigenvalue weighted by atomic mass is 32.1. The lowest BCUT2D eigenvalue weighted by atomic mass is 9.99. The van der Waals surface area contributed by atoms with Gasteiger partial charge in [-0.05, 0) is 48.9 Å². The molecule has 32 heavy (non-hydrogen) atoms. The molecule has 4 heterocycles. The van der Waals surface area contributed by atoms with Crippen molar-refractivity contribution in [3.8, 4) is 0 Å². The minimum Gasteiger partial charge on any atom is -0.462 e. The summed E-state index contributed by atoms with van der Waals surface area (Å²) in [5, 5.41) is 1.26. The standard InChI is InChI=1S/C26H33N3O2S/c1-4-20-21-8-11-29(19(3)30)16-25(21)32-24(20)9-10-27-12-14-28(15-13-27)22-17-31-23-7-5-6-18(2)26(22)23/h5-7,17H,4,8-16H2,1-3H3. The number of nitrogens with zero attached hydrogens (tertiary/aromatic N) is 3. The van der Waals surface area contributed by atoms with Gasteiger partial charge < -0.3 is 14.2 Å². The minimum atomic E-state index is 0.196. The number of carbonyl (C=O) groups excluding carboxylic acids is 1. The molecule has 3 aromatic rings. The predicted octanol–water partition coefficient (Wildman–Crippen LogP) is 4.63. The van der Waals surface area contributed by atoms with Crippen molar-refractivity contribution in [1.82, 2.24) is 9.80 Å². The molecule has 1 aromatic carbocycles. The number of hydrogen-bond donors (Lipinski definition) is 0. The number of anilines is 1. The predicted molar refractivity (Wildman–Crippen MR) is 132 cm³/mol. The van der Waals surface area contributed by atoms with Gasteiger partial charge in [0.15, 0.2) is 0 Å². The average molecular weight is 452 g/mol. The van der Waals surface area contributed by atoms with E-state index in [0.29, 0.717) is 0 Å². The first kappa shape index (κ1) is 21.5. The Bertz CT molecular complexity index is 1120. The first-order chi connectivity index (χ1) is 15.5. The zero-order valence-corrected chi connectivity index (χ0v) is 20.3. The van der Waals surface area contributed by atoms with E-state index in [4.69, 9.17) is 4.42 Å². The van der Waals surface area contributed by atoms with Crippen molar-refractivity contribution in [1.29, 1.82) is 0 Å². The maximum atomic E-state index is 11.8. The second-order valence-electron chi connectivity index (χ2n) is 9.10. The summed E-state index contributed by atoms with van der Waals surface area (Å²) >= 11 is 1.95. The second kappa shape index (κ2) is 8.91. The van der Waals surface area contributed by atoms with E-state index in [0.717, 1.165) is 70.7 Å². The van der Waals surface area contributed by atoms with Crippen LogP contribution in [0.2, 0.25) is 0 Å². The fourth-order valence-electron chi connectivity index (χ4n) is 5.36. The molecule has 2 aliphatic rings. The molecular weight excluding hydrogens is 418 g/mol. The molecule has 6 heteroatoms. The molecule has 2 aliphatic heterocycles. The van der Waals surface area contributed by atoms with Crippen molar-refractivity contribution in [3.63, 3.8) is 0 Å². The van der Waals surface area contributed by atoms with Crippen LogP contribution in [0.25, 0.3) is 11.0 Å². The Balaban J connectivity index is 1.22. The number of thiophene rings is 1. The molecule has 1 saturated heterocycles. The Labute approximate surface area is 194 Å². The molecule has 1 amide bonds. The monoisotopic (exact) mass is 451 g/mol. The van der Waals surface area contributed by atoms with Crippen LogP contribution in [0.3, 0.4) is 0 Å². The van der Waals surface area contributed by atoms with Crippen LogP contribution in [0.4, 0.5) is 5.69 Å². The number of piperazine rings is 1. The number of benzene rings is 1. The zero-order valence-electron chi connectivity index (χ0n) is 19.4. The fourth-order valence-corrected chi connectivity index (χ4v) is 6.81. The van der Waals surface area contributed by atoms with E-state index < -0.39 is 0 Å². The van der Waals surface area contributed by atoms with E-state index in [9.17, 15) is 4.79 Å². The molecular formula is C26H33N3O2S. The van der Waals surface area contributed by atoms with Crippen LogP contribution >= 0.6 is 11.3 Å².